The number of hydrogen-bond acceptors (Lipinski definition) is 5. The molecular formula is C25H30N4O5S. The van der Waals surface area contributed by atoms with Crippen molar-refractivity contribution in [2.75, 3.05) is 29.9 Å². The third-order valence-electron chi connectivity index (χ3n) is 6.29. The summed E-state index contributed by atoms with van der Waals surface area (Å²) in [6.07, 6.45) is 2.03. The van der Waals surface area contributed by atoms with Crippen molar-refractivity contribution in [1.29, 1.82) is 0 Å². The van der Waals surface area contributed by atoms with Crippen LogP contribution in [0.25, 0.3) is 0 Å². The second-order valence-corrected chi connectivity index (χ2v) is 10.7. The Balaban J connectivity index is 1.40. The summed E-state index contributed by atoms with van der Waals surface area (Å²) in [7, 11) is -3.59. The summed E-state index contributed by atoms with van der Waals surface area (Å²) < 4.78 is 26.8. The smallest absolute Gasteiger partial charge is 0.251 e. The second-order valence-electron chi connectivity index (χ2n) is 8.81. The lowest BCUT2D eigenvalue weighted by Gasteiger charge is -2.20. The molecule has 2 aromatic rings. The van der Waals surface area contributed by atoms with Crippen LogP contribution in [0.2, 0.25) is 0 Å². The maximum Gasteiger partial charge on any atom is 0.251 e. The van der Waals surface area contributed by atoms with Crippen molar-refractivity contribution in [1.82, 2.24) is 9.62 Å². The molecule has 10 heteroatoms. The van der Waals surface area contributed by atoms with Crippen LogP contribution in [0.1, 0.15) is 43.5 Å². The predicted octanol–water partition coefficient (Wildman–Crippen LogP) is 2.60. The van der Waals surface area contributed by atoms with Gasteiger partial charge in [0, 0.05) is 49.0 Å². The van der Waals surface area contributed by atoms with Gasteiger partial charge < -0.3 is 15.5 Å². The van der Waals surface area contributed by atoms with Crippen molar-refractivity contribution in [3.63, 3.8) is 0 Å². The Morgan fingerprint density at radius 1 is 1.06 bits per heavy atom. The maximum atomic E-state index is 12.9. The number of carbonyl (C=O) groups is 3. The highest BCUT2D eigenvalue weighted by Gasteiger charge is 2.35. The van der Waals surface area contributed by atoms with Crippen LogP contribution in [0.3, 0.4) is 0 Å². The first-order valence-corrected chi connectivity index (χ1v) is 13.3. The van der Waals surface area contributed by atoms with E-state index < -0.39 is 15.9 Å². The average Bonchev–Trinajstić information content (AvgIpc) is 3.57. The van der Waals surface area contributed by atoms with Gasteiger partial charge in [-0.2, -0.15) is 4.31 Å². The van der Waals surface area contributed by atoms with E-state index in [1.165, 1.54) is 21.3 Å². The van der Waals surface area contributed by atoms with Crippen molar-refractivity contribution in [2.24, 2.45) is 5.92 Å². The van der Waals surface area contributed by atoms with E-state index in [0.717, 1.165) is 12.8 Å². The lowest BCUT2D eigenvalue weighted by Crippen LogP contribution is -2.31. The van der Waals surface area contributed by atoms with Gasteiger partial charge in [0.2, 0.25) is 21.8 Å². The van der Waals surface area contributed by atoms with Gasteiger partial charge in [0.1, 0.15) is 0 Å². The van der Waals surface area contributed by atoms with Crippen LogP contribution < -0.4 is 15.5 Å². The molecule has 1 heterocycles. The summed E-state index contributed by atoms with van der Waals surface area (Å²) in [6, 6.07) is 13.1. The van der Waals surface area contributed by atoms with Gasteiger partial charge in [-0.05, 0) is 55.3 Å². The van der Waals surface area contributed by atoms with E-state index in [4.69, 9.17) is 0 Å². The zero-order valence-electron chi connectivity index (χ0n) is 19.9. The number of amides is 3. The number of sulfonamides is 1. The Bertz CT molecular complexity index is 1220. The van der Waals surface area contributed by atoms with Gasteiger partial charge in [-0.15, -0.1) is 0 Å². The standard InChI is InChI=1S/C25H30N4O5S/c1-3-28(4-2)35(33,34)22-12-10-21(11-13-22)29-16-18(15-23(29)30)25(32)27-20-7-5-6-17(14-20)24(31)26-19-8-9-19/h5-7,10-14,18-19H,3-4,8-9,15-16H2,1-2H3,(H,26,31)(H,27,32)/t18-/m1/s1. The number of rotatable bonds is 9. The van der Waals surface area contributed by atoms with Crippen LogP contribution in [0.15, 0.2) is 53.4 Å². The number of benzene rings is 2. The maximum absolute atomic E-state index is 12.9. The molecule has 0 aromatic heterocycles. The highest BCUT2D eigenvalue weighted by Crippen LogP contribution is 2.28. The molecule has 4 rings (SSSR count). The summed E-state index contributed by atoms with van der Waals surface area (Å²) in [5.41, 5.74) is 1.51. The third-order valence-corrected chi connectivity index (χ3v) is 8.36. The minimum Gasteiger partial charge on any atom is -0.349 e. The third kappa shape index (κ3) is 5.54. The fraction of sp³-hybridized carbons (Fsp3) is 0.400. The van der Waals surface area contributed by atoms with E-state index in [2.05, 4.69) is 10.6 Å². The second kappa shape index (κ2) is 10.2. The molecule has 1 atom stereocenters. The first-order chi connectivity index (χ1) is 16.7. The first kappa shape index (κ1) is 24.9. The van der Waals surface area contributed by atoms with Crippen molar-refractivity contribution >= 4 is 39.1 Å². The highest BCUT2D eigenvalue weighted by molar-refractivity contribution is 7.89. The Morgan fingerprint density at radius 3 is 2.37 bits per heavy atom. The topological polar surface area (TPSA) is 116 Å². The molecule has 2 N–H and O–H groups in total. The molecular weight excluding hydrogens is 468 g/mol. The SMILES string of the molecule is CCN(CC)S(=O)(=O)c1ccc(N2C[C@H](C(=O)Nc3cccc(C(=O)NC4CC4)c3)CC2=O)cc1. The quantitative estimate of drug-likeness (QED) is 0.551. The van der Waals surface area contributed by atoms with Crippen LogP contribution in [0, 0.1) is 5.92 Å². The Morgan fingerprint density at radius 2 is 1.74 bits per heavy atom. The number of nitrogens with one attached hydrogen (secondary N) is 2. The lowest BCUT2D eigenvalue weighted by atomic mass is 10.1. The first-order valence-electron chi connectivity index (χ1n) is 11.8. The molecule has 0 bridgehead atoms. The zero-order valence-corrected chi connectivity index (χ0v) is 20.7. The summed E-state index contributed by atoms with van der Waals surface area (Å²) >= 11 is 0. The molecule has 0 radical (unpaired) electrons. The van der Waals surface area contributed by atoms with Gasteiger partial charge in [-0.3, -0.25) is 14.4 Å². The fourth-order valence-corrected chi connectivity index (χ4v) is 5.58. The molecule has 0 unspecified atom stereocenters. The number of hydrogen-bond donors (Lipinski definition) is 2. The molecule has 186 valence electrons. The number of anilines is 2. The summed E-state index contributed by atoms with van der Waals surface area (Å²) in [4.78, 5) is 39.4. The minimum atomic E-state index is -3.59. The summed E-state index contributed by atoms with van der Waals surface area (Å²) in [5, 5.41) is 5.73. The van der Waals surface area contributed by atoms with Crippen molar-refractivity contribution < 1.29 is 22.8 Å². The Kier molecular flexibility index (Phi) is 7.23. The van der Waals surface area contributed by atoms with Crippen LogP contribution in [-0.2, 0) is 19.6 Å². The molecule has 1 aliphatic carbocycles. The van der Waals surface area contributed by atoms with E-state index in [1.807, 2.05) is 0 Å². The van der Waals surface area contributed by atoms with Crippen molar-refractivity contribution in [3.05, 3.63) is 54.1 Å². The molecule has 9 nitrogen and oxygen atoms in total. The van der Waals surface area contributed by atoms with E-state index in [-0.39, 0.29) is 41.6 Å². The highest BCUT2D eigenvalue weighted by atomic mass is 32.2. The van der Waals surface area contributed by atoms with Gasteiger partial charge >= 0.3 is 0 Å². The predicted molar refractivity (Wildman–Crippen MR) is 133 cm³/mol. The van der Waals surface area contributed by atoms with Gasteiger partial charge in [-0.25, -0.2) is 8.42 Å². The molecule has 2 aliphatic rings. The monoisotopic (exact) mass is 498 g/mol. The Hall–Kier alpha value is -3.24. The van der Waals surface area contributed by atoms with E-state index in [1.54, 1.807) is 50.2 Å². The minimum absolute atomic E-state index is 0.0488. The fourth-order valence-electron chi connectivity index (χ4n) is 4.12. The Labute approximate surface area is 205 Å². The normalized spacial score (nSPS) is 18.1. The van der Waals surface area contributed by atoms with Crippen molar-refractivity contribution in [3.8, 4) is 0 Å². The number of carbonyl (C=O) groups excluding carboxylic acids is 3. The van der Waals surface area contributed by atoms with E-state index in [9.17, 15) is 22.8 Å². The molecule has 0 spiro atoms. The van der Waals surface area contributed by atoms with Gasteiger partial charge in [-0.1, -0.05) is 19.9 Å². The molecule has 1 aliphatic heterocycles. The number of nitrogens with zero attached hydrogens (tertiary/aromatic N) is 2. The van der Waals surface area contributed by atoms with Crippen LogP contribution >= 0.6 is 0 Å². The largest absolute Gasteiger partial charge is 0.349 e. The summed E-state index contributed by atoms with van der Waals surface area (Å²) in [5.74, 6) is -1.24. The molecule has 3 amide bonds. The van der Waals surface area contributed by atoms with Gasteiger partial charge in [0.15, 0.2) is 0 Å². The molecule has 1 saturated carbocycles. The van der Waals surface area contributed by atoms with Gasteiger partial charge in [0.05, 0.1) is 10.8 Å². The van der Waals surface area contributed by atoms with Crippen molar-refractivity contribution in [2.45, 2.75) is 44.0 Å². The van der Waals surface area contributed by atoms with Crippen LogP contribution in [0.5, 0.6) is 0 Å². The van der Waals surface area contributed by atoms with E-state index >= 15 is 0 Å². The molecule has 2 aromatic carbocycles. The molecule has 1 saturated heterocycles. The molecule has 35 heavy (non-hydrogen) atoms. The lowest BCUT2D eigenvalue weighted by molar-refractivity contribution is -0.122. The van der Waals surface area contributed by atoms with Crippen LogP contribution in [-0.4, -0.2) is 56.1 Å². The molecule has 2 fully saturated rings. The average molecular weight is 499 g/mol. The zero-order chi connectivity index (χ0) is 25.2. The van der Waals surface area contributed by atoms with Gasteiger partial charge in [0.25, 0.3) is 5.91 Å². The summed E-state index contributed by atoms with van der Waals surface area (Å²) in [6.45, 7) is 4.49. The van der Waals surface area contributed by atoms with E-state index in [0.29, 0.717) is 30.0 Å². The van der Waals surface area contributed by atoms with Crippen LogP contribution in [0.4, 0.5) is 11.4 Å².